The molecule has 42 heavy (non-hydrogen) atoms. The first-order valence-electron chi connectivity index (χ1n) is 12.6. The monoisotopic (exact) mass is 620 g/mol. The van der Waals surface area contributed by atoms with Crippen molar-refractivity contribution in [2.24, 2.45) is 0 Å². The minimum absolute atomic E-state index is 0.0194. The summed E-state index contributed by atoms with van der Waals surface area (Å²) in [5, 5.41) is 0. The average molecular weight is 621 g/mol. The molecule has 0 unspecified atom stereocenters. The zero-order valence-corrected chi connectivity index (χ0v) is 23.0. The second kappa shape index (κ2) is 12.4. The quantitative estimate of drug-likeness (QED) is 0.322. The molecule has 1 aliphatic rings. The molecule has 8 nitrogen and oxygen atoms in total. The topological polar surface area (TPSA) is 89.3 Å². The van der Waals surface area contributed by atoms with Gasteiger partial charge in [0.1, 0.15) is 24.4 Å². The van der Waals surface area contributed by atoms with Gasteiger partial charge in [-0.25, -0.2) is 8.42 Å². The highest BCUT2D eigenvalue weighted by molar-refractivity contribution is 7.89. The molecular weight excluding hydrogens is 594 g/mol. The molecule has 0 bridgehead atoms. The Morgan fingerprint density at radius 1 is 0.905 bits per heavy atom. The van der Waals surface area contributed by atoms with Gasteiger partial charge in [-0.1, -0.05) is 12.1 Å². The summed E-state index contributed by atoms with van der Waals surface area (Å²) >= 11 is 0. The SMILES string of the molecule is COc1cccc(COc2coc(CN3CCCN(S(=O)(=O)c4cc(C(F)(F)F)cc(C(F)(F)F)c4)CC3)cc2=O)c1. The molecule has 2 heterocycles. The molecule has 0 atom stereocenters. The molecule has 1 aliphatic heterocycles. The van der Waals surface area contributed by atoms with E-state index in [2.05, 4.69) is 0 Å². The number of halogens is 6. The smallest absolute Gasteiger partial charge is 0.416 e. The number of hydrogen-bond donors (Lipinski definition) is 0. The van der Waals surface area contributed by atoms with Crippen molar-refractivity contribution in [1.82, 2.24) is 9.21 Å². The van der Waals surface area contributed by atoms with Gasteiger partial charge in [0.15, 0.2) is 0 Å². The molecule has 3 aromatic rings. The Morgan fingerprint density at radius 2 is 1.60 bits per heavy atom. The largest absolute Gasteiger partial charge is 0.497 e. The zero-order valence-electron chi connectivity index (χ0n) is 22.2. The molecule has 2 aromatic carbocycles. The highest BCUT2D eigenvalue weighted by Gasteiger charge is 2.39. The molecule has 1 fully saturated rings. The van der Waals surface area contributed by atoms with Crippen molar-refractivity contribution < 1.29 is 48.7 Å². The molecule has 1 aromatic heterocycles. The summed E-state index contributed by atoms with van der Waals surface area (Å²) in [5.41, 5.74) is -3.10. The highest BCUT2D eigenvalue weighted by Crippen LogP contribution is 2.38. The van der Waals surface area contributed by atoms with Crippen LogP contribution in [0.3, 0.4) is 0 Å². The Morgan fingerprint density at radius 3 is 2.21 bits per heavy atom. The number of hydrogen-bond acceptors (Lipinski definition) is 7. The highest BCUT2D eigenvalue weighted by atomic mass is 32.2. The fraction of sp³-hybridized carbons (Fsp3) is 0.370. The summed E-state index contributed by atoms with van der Waals surface area (Å²) in [5.74, 6) is 0.870. The summed E-state index contributed by atoms with van der Waals surface area (Å²) in [6.07, 6.45) is -8.96. The van der Waals surface area contributed by atoms with Crippen LogP contribution in [0, 0.1) is 0 Å². The van der Waals surface area contributed by atoms with E-state index >= 15 is 0 Å². The summed E-state index contributed by atoms with van der Waals surface area (Å²) in [6, 6.07) is 8.62. The number of methoxy groups -OCH3 is 1. The fourth-order valence-electron chi connectivity index (χ4n) is 4.34. The number of alkyl halides is 6. The van der Waals surface area contributed by atoms with Crippen molar-refractivity contribution in [3.63, 3.8) is 0 Å². The van der Waals surface area contributed by atoms with E-state index in [0.717, 1.165) is 16.1 Å². The molecule has 0 radical (unpaired) electrons. The maximum Gasteiger partial charge on any atom is 0.416 e. The van der Waals surface area contributed by atoms with Gasteiger partial charge in [-0.3, -0.25) is 9.69 Å². The third kappa shape index (κ3) is 7.63. The Balaban J connectivity index is 1.43. The lowest BCUT2D eigenvalue weighted by Crippen LogP contribution is -2.35. The molecule has 0 aliphatic carbocycles. The fourth-order valence-corrected chi connectivity index (χ4v) is 5.88. The summed E-state index contributed by atoms with van der Waals surface area (Å²) < 4.78 is 123. The van der Waals surface area contributed by atoms with Crippen LogP contribution < -0.4 is 14.9 Å². The lowest BCUT2D eigenvalue weighted by molar-refractivity contribution is -0.143. The number of rotatable bonds is 8. The van der Waals surface area contributed by atoms with E-state index < -0.39 is 43.8 Å². The summed E-state index contributed by atoms with van der Waals surface area (Å²) in [4.78, 5) is 13.2. The van der Waals surface area contributed by atoms with Gasteiger partial charge in [-0.15, -0.1) is 0 Å². The average Bonchev–Trinajstić information content (AvgIpc) is 3.17. The second-order valence-corrected chi connectivity index (χ2v) is 11.4. The molecule has 15 heteroatoms. The molecular formula is C27H26F6N2O6S. The molecule has 0 spiro atoms. The number of sulfonamides is 1. The number of benzene rings is 2. The molecule has 0 amide bonds. The first kappa shape index (κ1) is 31.4. The molecule has 0 saturated carbocycles. The van der Waals surface area contributed by atoms with Crippen LogP contribution in [0.15, 0.2) is 68.9 Å². The van der Waals surface area contributed by atoms with Crippen LogP contribution in [0.1, 0.15) is 28.9 Å². The van der Waals surface area contributed by atoms with E-state index in [0.29, 0.717) is 12.3 Å². The standard InChI is InChI=1S/C27H26F6N2O6S/c1-39-21-5-2-4-18(10-21)16-41-25-17-40-22(14-24(25)36)15-34-6-3-7-35(9-8-34)42(37,38)23-12-19(26(28,29)30)11-20(13-23)27(31,32)33/h2,4-5,10-14,17H,3,6-9,15-16H2,1H3. The summed E-state index contributed by atoms with van der Waals surface area (Å²) in [6.45, 7) is 0.292. The van der Waals surface area contributed by atoms with Gasteiger partial charge < -0.3 is 13.9 Å². The second-order valence-electron chi connectivity index (χ2n) is 9.49. The third-order valence-electron chi connectivity index (χ3n) is 6.51. The minimum atomic E-state index is -5.18. The van der Waals surface area contributed by atoms with E-state index in [9.17, 15) is 39.6 Å². The van der Waals surface area contributed by atoms with Crippen LogP contribution in [0.25, 0.3) is 0 Å². The predicted molar refractivity (Wildman–Crippen MR) is 137 cm³/mol. The Labute approximate surface area is 237 Å². The van der Waals surface area contributed by atoms with Crippen molar-refractivity contribution in [3.05, 3.63) is 87.5 Å². The Hall–Kier alpha value is -3.56. The minimum Gasteiger partial charge on any atom is -0.497 e. The maximum atomic E-state index is 13.3. The van der Waals surface area contributed by atoms with Gasteiger partial charge in [-0.2, -0.15) is 30.6 Å². The van der Waals surface area contributed by atoms with Gasteiger partial charge in [-0.05, 0) is 48.9 Å². The Kier molecular flexibility index (Phi) is 9.23. The summed E-state index contributed by atoms with van der Waals surface area (Å²) in [7, 11) is -3.16. The van der Waals surface area contributed by atoms with Crippen LogP contribution in [0.5, 0.6) is 11.5 Å². The van der Waals surface area contributed by atoms with Gasteiger partial charge >= 0.3 is 12.4 Å². The van der Waals surface area contributed by atoms with Gasteiger partial charge in [0.25, 0.3) is 0 Å². The normalized spacial score (nSPS) is 15.8. The van der Waals surface area contributed by atoms with Crippen molar-refractivity contribution in [3.8, 4) is 11.5 Å². The molecule has 0 N–H and O–H groups in total. The van der Waals surface area contributed by atoms with Crippen molar-refractivity contribution in [1.29, 1.82) is 0 Å². The van der Waals surface area contributed by atoms with Crippen LogP contribution in [-0.4, -0.2) is 50.9 Å². The molecule has 228 valence electrons. The molecule has 4 rings (SSSR count). The number of nitrogens with zero attached hydrogens (tertiary/aromatic N) is 2. The van der Waals surface area contributed by atoms with Gasteiger partial charge in [0, 0.05) is 25.7 Å². The zero-order chi connectivity index (χ0) is 30.7. The van der Waals surface area contributed by atoms with Crippen LogP contribution in [0.4, 0.5) is 26.3 Å². The predicted octanol–water partition coefficient (Wildman–Crippen LogP) is 5.16. The van der Waals surface area contributed by atoms with Crippen molar-refractivity contribution in [2.45, 2.75) is 36.8 Å². The first-order chi connectivity index (χ1) is 19.7. The van der Waals surface area contributed by atoms with Crippen LogP contribution >= 0.6 is 0 Å². The van der Waals surface area contributed by atoms with E-state index in [1.165, 1.54) is 13.2 Å². The third-order valence-corrected chi connectivity index (χ3v) is 8.38. The van der Waals surface area contributed by atoms with Crippen molar-refractivity contribution in [2.75, 3.05) is 33.3 Å². The lowest BCUT2D eigenvalue weighted by atomic mass is 10.1. The molecule has 1 saturated heterocycles. The number of ether oxygens (including phenoxy) is 2. The van der Waals surface area contributed by atoms with Crippen LogP contribution in [-0.2, 0) is 35.5 Å². The first-order valence-corrected chi connectivity index (χ1v) is 14.0. The van der Waals surface area contributed by atoms with Gasteiger partial charge in [0.05, 0.1) is 29.7 Å². The van der Waals surface area contributed by atoms with Crippen LogP contribution in [0.2, 0.25) is 0 Å². The Bertz CT molecular complexity index is 1540. The van der Waals surface area contributed by atoms with E-state index in [1.54, 1.807) is 29.2 Å². The maximum absolute atomic E-state index is 13.3. The van der Waals surface area contributed by atoms with E-state index in [1.807, 2.05) is 0 Å². The van der Waals surface area contributed by atoms with Gasteiger partial charge in [0.2, 0.25) is 21.2 Å². The van der Waals surface area contributed by atoms with E-state index in [-0.39, 0.29) is 68.9 Å². The lowest BCUT2D eigenvalue weighted by Gasteiger charge is -2.22. The van der Waals surface area contributed by atoms with E-state index in [4.69, 9.17) is 13.9 Å². The van der Waals surface area contributed by atoms with Crippen molar-refractivity contribution >= 4 is 10.0 Å².